The van der Waals surface area contributed by atoms with Gasteiger partial charge in [-0.15, -0.1) is 0 Å². The zero-order valence-electron chi connectivity index (χ0n) is 12.0. The number of nitrogens with zero attached hydrogens (tertiary/aromatic N) is 2. The lowest BCUT2D eigenvalue weighted by molar-refractivity contribution is 0.629. The van der Waals surface area contributed by atoms with E-state index < -0.39 is 0 Å². The summed E-state index contributed by atoms with van der Waals surface area (Å²) in [4.78, 5) is 7.72. The molecule has 0 N–H and O–H groups in total. The van der Waals surface area contributed by atoms with E-state index in [1.165, 1.54) is 37.1 Å². The Labute approximate surface area is 129 Å². The average molecular weight is 300 g/mol. The van der Waals surface area contributed by atoms with E-state index in [0.717, 1.165) is 12.0 Å². The highest BCUT2D eigenvalue weighted by Crippen LogP contribution is 2.25. The molecule has 2 nitrogen and oxygen atoms in total. The first kappa shape index (κ1) is 15.5. The molecule has 0 bridgehead atoms. The molecule has 0 amide bonds. The molecule has 0 radical (unpaired) electrons. The lowest BCUT2D eigenvalue weighted by Gasteiger charge is -2.05. The quantitative estimate of drug-likeness (QED) is 0.408. The molecule has 0 spiro atoms. The first-order valence-electron chi connectivity index (χ1n) is 7.07. The number of benzene rings is 1. The predicted molar refractivity (Wildman–Crippen MR) is 87.5 cm³/mol. The van der Waals surface area contributed by atoms with E-state index in [1.54, 1.807) is 0 Å². The van der Waals surface area contributed by atoms with Crippen molar-refractivity contribution >= 4 is 23.2 Å². The summed E-state index contributed by atoms with van der Waals surface area (Å²) < 4.78 is 14.0. The minimum Gasteiger partial charge on any atom is -0.236 e. The van der Waals surface area contributed by atoms with E-state index in [-0.39, 0.29) is 11.6 Å². The predicted octanol–water partition coefficient (Wildman–Crippen LogP) is 5.35. The maximum Gasteiger partial charge on any atom is 0.165 e. The van der Waals surface area contributed by atoms with Crippen LogP contribution in [0.25, 0.3) is 11.1 Å². The highest BCUT2D eigenvalue weighted by Gasteiger charge is 2.07. The summed E-state index contributed by atoms with van der Waals surface area (Å²) in [7, 11) is 0. The highest BCUT2D eigenvalue weighted by atomic mass is 32.1. The fraction of sp³-hybridized carbons (Fsp3) is 0.294. The minimum atomic E-state index is -0.354. The molecule has 2 aromatic rings. The largest absolute Gasteiger partial charge is 0.236 e. The van der Waals surface area contributed by atoms with Crippen LogP contribution in [0.3, 0.4) is 0 Å². The Kier molecular flexibility index (Phi) is 5.73. The van der Waals surface area contributed by atoms with Crippen LogP contribution in [0.2, 0.25) is 0 Å². The number of unbranched alkanes of at least 4 members (excludes halogenated alkanes) is 2. The molecule has 108 valence electrons. The van der Waals surface area contributed by atoms with Crippen LogP contribution in [0.5, 0.6) is 0 Å². The molecule has 0 aliphatic heterocycles. The van der Waals surface area contributed by atoms with Gasteiger partial charge in [0.2, 0.25) is 0 Å². The van der Waals surface area contributed by atoms with E-state index in [9.17, 15) is 4.39 Å². The fourth-order valence-electron chi connectivity index (χ4n) is 2.17. The van der Waals surface area contributed by atoms with Crippen LogP contribution in [0.1, 0.15) is 31.7 Å². The molecule has 0 saturated heterocycles. The van der Waals surface area contributed by atoms with Gasteiger partial charge in [-0.05, 0) is 36.2 Å². The van der Waals surface area contributed by atoms with E-state index in [2.05, 4.69) is 34.3 Å². The van der Waals surface area contributed by atoms with Crippen molar-refractivity contribution in [3.63, 3.8) is 0 Å². The van der Waals surface area contributed by atoms with E-state index in [4.69, 9.17) is 0 Å². The number of aliphatic imine (C=N–C) groups is 1. The SMILES string of the molecule is CCCCCc1ccc(-c2cnc(N=C=S)cc2F)cc1. The molecule has 0 saturated carbocycles. The van der Waals surface area contributed by atoms with E-state index in [1.807, 2.05) is 24.3 Å². The van der Waals surface area contributed by atoms with Crippen molar-refractivity contribution in [2.24, 2.45) is 4.99 Å². The second-order valence-electron chi connectivity index (χ2n) is 4.88. The van der Waals surface area contributed by atoms with Crippen LogP contribution in [0.15, 0.2) is 41.5 Å². The molecule has 1 heterocycles. The second kappa shape index (κ2) is 7.77. The van der Waals surface area contributed by atoms with Crippen LogP contribution in [-0.4, -0.2) is 10.1 Å². The summed E-state index contributed by atoms with van der Waals surface area (Å²) in [6.45, 7) is 2.19. The Morgan fingerprint density at radius 2 is 2.00 bits per heavy atom. The van der Waals surface area contributed by atoms with Gasteiger partial charge in [0.15, 0.2) is 5.82 Å². The lowest BCUT2D eigenvalue weighted by Crippen LogP contribution is -1.89. The maximum absolute atomic E-state index is 14.0. The van der Waals surface area contributed by atoms with Gasteiger partial charge in [0.05, 0.1) is 5.16 Å². The Bertz CT molecular complexity index is 646. The number of aromatic nitrogens is 1. The van der Waals surface area contributed by atoms with Gasteiger partial charge in [0.25, 0.3) is 0 Å². The minimum absolute atomic E-state index is 0.238. The Morgan fingerprint density at radius 3 is 2.62 bits per heavy atom. The molecule has 0 atom stereocenters. The molecular weight excluding hydrogens is 283 g/mol. The van der Waals surface area contributed by atoms with Crippen molar-refractivity contribution in [2.45, 2.75) is 32.6 Å². The lowest BCUT2D eigenvalue weighted by atomic mass is 10.0. The summed E-state index contributed by atoms with van der Waals surface area (Å²) in [5.41, 5.74) is 2.57. The average Bonchev–Trinajstić information content (AvgIpc) is 2.49. The number of hydrogen-bond acceptors (Lipinski definition) is 3. The maximum atomic E-state index is 14.0. The fourth-order valence-corrected chi connectivity index (χ4v) is 2.26. The molecule has 21 heavy (non-hydrogen) atoms. The number of aryl methyl sites for hydroxylation is 1. The number of rotatable bonds is 6. The molecule has 0 unspecified atom stereocenters. The van der Waals surface area contributed by atoms with Gasteiger partial charge in [-0.1, -0.05) is 44.0 Å². The molecule has 4 heteroatoms. The topological polar surface area (TPSA) is 25.2 Å². The molecule has 1 aromatic heterocycles. The van der Waals surface area contributed by atoms with E-state index in [0.29, 0.717) is 5.56 Å². The monoisotopic (exact) mass is 300 g/mol. The van der Waals surface area contributed by atoms with Gasteiger partial charge in [0.1, 0.15) is 5.82 Å². The first-order chi connectivity index (χ1) is 10.2. The Morgan fingerprint density at radius 1 is 1.24 bits per heavy atom. The van der Waals surface area contributed by atoms with E-state index >= 15 is 0 Å². The van der Waals surface area contributed by atoms with Gasteiger partial charge in [0, 0.05) is 17.8 Å². The molecule has 0 aliphatic carbocycles. The number of isothiocyanates is 1. The van der Waals surface area contributed by atoms with Crippen molar-refractivity contribution in [3.8, 4) is 11.1 Å². The van der Waals surface area contributed by atoms with Gasteiger partial charge in [-0.3, -0.25) is 0 Å². The summed E-state index contributed by atoms with van der Waals surface area (Å²) in [5, 5.41) is 2.18. The smallest absolute Gasteiger partial charge is 0.165 e. The number of thiocarbonyl (C=S) groups is 1. The highest BCUT2D eigenvalue weighted by molar-refractivity contribution is 7.78. The third-order valence-corrected chi connectivity index (χ3v) is 3.42. The molecule has 1 aromatic carbocycles. The van der Waals surface area contributed by atoms with Crippen molar-refractivity contribution in [1.82, 2.24) is 4.98 Å². The van der Waals surface area contributed by atoms with Gasteiger partial charge in [-0.25, -0.2) is 9.37 Å². The van der Waals surface area contributed by atoms with Gasteiger partial charge < -0.3 is 0 Å². The van der Waals surface area contributed by atoms with Crippen molar-refractivity contribution < 1.29 is 4.39 Å². The Balaban J connectivity index is 2.16. The standard InChI is InChI=1S/C17H17FN2S/c1-2-3-4-5-13-6-8-14(9-7-13)15-11-19-17(20-12-21)10-16(15)18/h6-11H,2-5H2,1H3. The molecular formula is C17H17FN2S. The third-order valence-electron chi connectivity index (χ3n) is 3.33. The van der Waals surface area contributed by atoms with Crippen LogP contribution in [0.4, 0.5) is 10.2 Å². The van der Waals surface area contributed by atoms with Crippen LogP contribution in [-0.2, 0) is 6.42 Å². The summed E-state index contributed by atoms with van der Waals surface area (Å²) >= 11 is 4.48. The summed E-state index contributed by atoms with van der Waals surface area (Å²) in [6, 6.07) is 9.23. The second-order valence-corrected chi connectivity index (χ2v) is 5.06. The zero-order valence-corrected chi connectivity index (χ0v) is 12.8. The molecule has 0 fully saturated rings. The third kappa shape index (κ3) is 4.28. The first-order valence-corrected chi connectivity index (χ1v) is 7.48. The number of pyridine rings is 1. The number of halogens is 1. The number of hydrogen-bond donors (Lipinski definition) is 0. The van der Waals surface area contributed by atoms with Gasteiger partial charge in [-0.2, -0.15) is 4.99 Å². The van der Waals surface area contributed by atoms with Crippen molar-refractivity contribution in [1.29, 1.82) is 0 Å². The van der Waals surface area contributed by atoms with Crippen LogP contribution >= 0.6 is 12.2 Å². The van der Waals surface area contributed by atoms with Crippen molar-refractivity contribution in [3.05, 3.63) is 47.9 Å². The molecule has 0 aliphatic rings. The Hall–Kier alpha value is -1.90. The summed E-state index contributed by atoms with van der Waals surface area (Å²) in [6.07, 6.45) is 6.19. The van der Waals surface area contributed by atoms with Gasteiger partial charge >= 0.3 is 0 Å². The zero-order chi connectivity index (χ0) is 15.1. The van der Waals surface area contributed by atoms with Crippen LogP contribution in [0, 0.1) is 5.82 Å². The summed E-state index contributed by atoms with van der Waals surface area (Å²) in [5.74, 6) is -0.116. The molecule has 2 rings (SSSR count). The normalized spacial score (nSPS) is 10.2. The van der Waals surface area contributed by atoms with Crippen molar-refractivity contribution in [2.75, 3.05) is 0 Å². The van der Waals surface area contributed by atoms with Crippen LogP contribution < -0.4 is 0 Å².